The van der Waals surface area contributed by atoms with Crippen LogP contribution in [-0.2, 0) is 13.6 Å². The predicted molar refractivity (Wildman–Crippen MR) is 142 cm³/mol. The number of rotatable bonds is 7. The van der Waals surface area contributed by atoms with E-state index in [2.05, 4.69) is 24.7 Å². The maximum Gasteiger partial charge on any atom is 0.276 e. The molecule has 5 heterocycles. The molecule has 2 fully saturated rings. The summed E-state index contributed by atoms with van der Waals surface area (Å²) >= 11 is 0. The van der Waals surface area contributed by atoms with E-state index in [0.717, 1.165) is 83.1 Å². The minimum Gasteiger partial charge on any atom is -0.356 e. The van der Waals surface area contributed by atoms with Gasteiger partial charge in [-0.05, 0) is 57.7 Å². The molecule has 2 aliphatic rings. The van der Waals surface area contributed by atoms with Crippen molar-refractivity contribution in [3.8, 4) is 0 Å². The lowest BCUT2D eigenvalue weighted by molar-refractivity contribution is 0.248. The first kappa shape index (κ1) is 24.4. The van der Waals surface area contributed by atoms with Gasteiger partial charge in [0.2, 0.25) is 5.95 Å². The second-order valence-corrected chi connectivity index (χ2v) is 9.90. The molecule has 10 nitrogen and oxygen atoms in total. The molecular formula is C26H36N8O2. The maximum absolute atomic E-state index is 13.5. The van der Waals surface area contributed by atoms with Gasteiger partial charge in [0.25, 0.3) is 11.1 Å². The molecule has 2 saturated heterocycles. The molecule has 2 aliphatic heterocycles. The highest BCUT2D eigenvalue weighted by Gasteiger charge is 2.22. The van der Waals surface area contributed by atoms with Gasteiger partial charge in [-0.25, -0.2) is 19.6 Å². The summed E-state index contributed by atoms with van der Waals surface area (Å²) in [4.78, 5) is 47.1. The van der Waals surface area contributed by atoms with Gasteiger partial charge in [0.1, 0.15) is 5.82 Å². The summed E-state index contributed by atoms with van der Waals surface area (Å²) in [7, 11) is 1.70. The van der Waals surface area contributed by atoms with Crippen molar-refractivity contribution < 1.29 is 0 Å². The lowest BCUT2D eigenvalue weighted by Gasteiger charge is -2.34. The normalized spacial score (nSPS) is 17.2. The SMILES string of the molecule is Cc1cc2c(=O)n(CCCCN3CCN(c4ncccn4)CC3)n(C)c(=O)c2c(N2CCCCC2)n1. The van der Waals surface area contributed by atoms with Gasteiger partial charge in [-0.3, -0.25) is 19.2 Å². The van der Waals surface area contributed by atoms with E-state index >= 15 is 0 Å². The van der Waals surface area contributed by atoms with Crippen LogP contribution in [0.2, 0.25) is 0 Å². The van der Waals surface area contributed by atoms with Crippen LogP contribution in [0.25, 0.3) is 10.8 Å². The fraction of sp³-hybridized carbons (Fsp3) is 0.577. The summed E-state index contributed by atoms with van der Waals surface area (Å²) in [5, 5.41) is 0.956. The summed E-state index contributed by atoms with van der Waals surface area (Å²) in [5.74, 6) is 1.47. The van der Waals surface area contributed by atoms with Gasteiger partial charge in [0.15, 0.2) is 0 Å². The Morgan fingerprint density at radius 1 is 0.833 bits per heavy atom. The van der Waals surface area contributed by atoms with E-state index < -0.39 is 0 Å². The standard InChI is InChI=1S/C26H36N8O2/c1-20-19-21-22(23(29-20)32-12-4-3-5-13-32)25(36)30(2)34(24(21)35)14-7-6-11-31-15-17-33(18-16-31)26-27-9-8-10-28-26/h8-10,19H,3-7,11-18H2,1-2H3. The molecule has 0 saturated carbocycles. The Hall–Kier alpha value is -3.27. The second-order valence-electron chi connectivity index (χ2n) is 9.90. The van der Waals surface area contributed by atoms with Gasteiger partial charge in [0, 0.05) is 70.9 Å². The zero-order chi connectivity index (χ0) is 25.1. The highest BCUT2D eigenvalue weighted by molar-refractivity contribution is 5.91. The van der Waals surface area contributed by atoms with Crippen LogP contribution in [0.4, 0.5) is 11.8 Å². The molecule has 3 aromatic rings. The lowest BCUT2D eigenvalue weighted by atomic mass is 10.1. The van der Waals surface area contributed by atoms with Crippen molar-refractivity contribution in [1.82, 2.24) is 29.2 Å². The molecule has 3 aromatic heterocycles. The molecule has 0 N–H and O–H groups in total. The topological polar surface area (TPSA) is 92.4 Å². The Bertz CT molecular complexity index is 1310. The first-order valence-electron chi connectivity index (χ1n) is 13.1. The smallest absolute Gasteiger partial charge is 0.276 e. The molecule has 0 atom stereocenters. The van der Waals surface area contributed by atoms with Crippen LogP contribution in [-0.4, -0.2) is 75.0 Å². The highest BCUT2D eigenvalue weighted by Crippen LogP contribution is 2.24. The van der Waals surface area contributed by atoms with Gasteiger partial charge >= 0.3 is 0 Å². The molecule has 0 bridgehead atoms. The molecule has 10 heteroatoms. The molecule has 36 heavy (non-hydrogen) atoms. The van der Waals surface area contributed by atoms with Crippen LogP contribution in [0.5, 0.6) is 0 Å². The highest BCUT2D eigenvalue weighted by atomic mass is 16.2. The van der Waals surface area contributed by atoms with Crippen molar-refractivity contribution in [2.24, 2.45) is 7.05 Å². The number of piperazine rings is 1. The largest absolute Gasteiger partial charge is 0.356 e. The quantitative estimate of drug-likeness (QED) is 0.461. The number of hydrogen-bond acceptors (Lipinski definition) is 8. The van der Waals surface area contributed by atoms with Crippen molar-refractivity contribution in [3.63, 3.8) is 0 Å². The number of aromatic nitrogens is 5. The number of pyridine rings is 1. The van der Waals surface area contributed by atoms with E-state index in [1.165, 1.54) is 11.1 Å². The van der Waals surface area contributed by atoms with Crippen molar-refractivity contribution >= 4 is 22.5 Å². The third-order valence-corrected chi connectivity index (χ3v) is 7.42. The first-order valence-corrected chi connectivity index (χ1v) is 13.1. The second kappa shape index (κ2) is 10.8. The van der Waals surface area contributed by atoms with Gasteiger partial charge in [-0.2, -0.15) is 0 Å². The summed E-state index contributed by atoms with van der Waals surface area (Å²) in [5.41, 5.74) is 0.532. The van der Waals surface area contributed by atoms with Gasteiger partial charge in [-0.15, -0.1) is 0 Å². The van der Waals surface area contributed by atoms with E-state index in [9.17, 15) is 9.59 Å². The van der Waals surface area contributed by atoms with E-state index in [-0.39, 0.29) is 11.1 Å². The molecule has 0 radical (unpaired) electrons. The molecule has 0 aliphatic carbocycles. The molecule has 0 spiro atoms. The molecule has 0 amide bonds. The number of anilines is 2. The third-order valence-electron chi connectivity index (χ3n) is 7.42. The minimum atomic E-state index is -0.142. The van der Waals surface area contributed by atoms with Crippen LogP contribution in [0.1, 0.15) is 37.8 Å². The maximum atomic E-state index is 13.5. The number of aryl methyl sites for hydroxylation is 1. The average Bonchev–Trinajstić information content (AvgIpc) is 2.92. The van der Waals surface area contributed by atoms with Crippen LogP contribution in [0, 0.1) is 6.92 Å². The molecule has 192 valence electrons. The van der Waals surface area contributed by atoms with E-state index in [0.29, 0.717) is 23.1 Å². The van der Waals surface area contributed by atoms with Crippen molar-refractivity contribution in [3.05, 3.63) is 50.9 Å². The summed E-state index contributed by atoms with van der Waals surface area (Å²) in [6, 6.07) is 3.61. The Morgan fingerprint density at radius 3 is 2.25 bits per heavy atom. The number of fused-ring (bicyclic) bond motifs is 1. The van der Waals surface area contributed by atoms with Crippen molar-refractivity contribution in [2.75, 3.05) is 55.6 Å². The Labute approximate surface area is 211 Å². The monoisotopic (exact) mass is 492 g/mol. The van der Waals surface area contributed by atoms with E-state index in [1.807, 2.05) is 13.0 Å². The first-order chi connectivity index (χ1) is 17.5. The Kier molecular flexibility index (Phi) is 7.31. The number of nitrogens with zero attached hydrogens (tertiary/aromatic N) is 8. The average molecular weight is 493 g/mol. The fourth-order valence-electron chi connectivity index (χ4n) is 5.39. The minimum absolute atomic E-state index is 0.104. The van der Waals surface area contributed by atoms with Crippen LogP contribution in [0.3, 0.4) is 0 Å². The zero-order valence-corrected chi connectivity index (χ0v) is 21.4. The van der Waals surface area contributed by atoms with Gasteiger partial charge in [-0.1, -0.05) is 0 Å². The lowest BCUT2D eigenvalue weighted by Crippen LogP contribution is -2.47. The van der Waals surface area contributed by atoms with Gasteiger partial charge in [0.05, 0.1) is 10.8 Å². The van der Waals surface area contributed by atoms with Crippen molar-refractivity contribution in [1.29, 1.82) is 0 Å². The number of piperidine rings is 1. The molecule has 5 rings (SSSR count). The zero-order valence-electron chi connectivity index (χ0n) is 21.4. The summed E-state index contributed by atoms with van der Waals surface area (Å²) in [6.45, 7) is 8.93. The molecule has 0 unspecified atom stereocenters. The van der Waals surface area contributed by atoms with Crippen LogP contribution >= 0.6 is 0 Å². The summed E-state index contributed by atoms with van der Waals surface area (Å²) in [6.07, 6.45) is 8.74. The molecule has 0 aromatic carbocycles. The van der Waals surface area contributed by atoms with E-state index in [1.54, 1.807) is 30.2 Å². The molecular weight excluding hydrogens is 456 g/mol. The summed E-state index contributed by atoms with van der Waals surface area (Å²) < 4.78 is 3.10. The number of unbranched alkanes of at least 4 members (excludes halogenated alkanes) is 1. The predicted octanol–water partition coefficient (Wildman–Crippen LogP) is 1.79. The fourth-order valence-corrected chi connectivity index (χ4v) is 5.39. The van der Waals surface area contributed by atoms with Crippen LogP contribution < -0.4 is 20.9 Å². The van der Waals surface area contributed by atoms with Crippen molar-refractivity contribution in [2.45, 2.75) is 45.6 Å². The number of hydrogen-bond donors (Lipinski definition) is 0. The van der Waals surface area contributed by atoms with Gasteiger partial charge < -0.3 is 9.80 Å². The van der Waals surface area contributed by atoms with E-state index in [4.69, 9.17) is 4.98 Å². The van der Waals surface area contributed by atoms with Crippen LogP contribution in [0.15, 0.2) is 34.1 Å². The Morgan fingerprint density at radius 2 is 1.53 bits per heavy atom. The third kappa shape index (κ3) is 5.00. The Balaban J connectivity index is 1.24.